The van der Waals surface area contributed by atoms with E-state index in [0.717, 1.165) is 0 Å². The van der Waals surface area contributed by atoms with Crippen molar-refractivity contribution in [2.45, 2.75) is 53.3 Å². The molecular formula is C57H10F34N4O8. The van der Waals surface area contributed by atoms with Crippen LogP contribution in [0.3, 0.4) is 0 Å². The highest BCUT2D eigenvalue weighted by Crippen LogP contribution is 2.64. The van der Waals surface area contributed by atoms with E-state index >= 15 is 149 Å². The van der Waals surface area contributed by atoms with Crippen molar-refractivity contribution in [1.82, 2.24) is 0 Å². The van der Waals surface area contributed by atoms with Gasteiger partial charge in [-0.2, -0.15) is 79.0 Å². The molecule has 4 aliphatic heterocycles. The van der Waals surface area contributed by atoms with E-state index in [0.29, 0.717) is 0 Å². The summed E-state index contributed by atoms with van der Waals surface area (Å²) in [6.07, 6.45) is -46.7. The first-order valence-corrected chi connectivity index (χ1v) is 26.0. The minimum atomic E-state index is -8.06. The molecule has 0 unspecified atom stereocenters. The molecule has 10 rings (SSSR count). The van der Waals surface area contributed by atoms with Gasteiger partial charge in [-0.15, -0.1) is 0 Å². The number of rotatable bonds is 10. The highest BCUT2D eigenvalue weighted by molar-refractivity contribution is 6.36. The van der Waals surface area contributed by atoms with Gasteiger partial charge in [-0.1, -0.05) is 12.1 Å². The molecule has 6 aromatic rings. The third-order valence-corrected chi connectivity index (χ3v) is 16.2. The molecule has 4 aliphatic rings. The number of imide groups is 4. The molecule has 0 saturated carbocycles. The summed E-state index contributed by atoms with van der Waals surface area (Å²) < 4.78 is 532. The number of nitrogens with zero attached hydrogens (tertiary/aromatic N) is 4. The van der Waals surface area contributed by atoms with Gasteiger partial charge in [-0.25, -0.2) is 89.8 Å². The van der Waals surface area contributed by atoms with Crippen molar-refractivity contribution in [3.63, 3.8) is 0 Å². The Bertz CT molecular complexity index is 4530. The number of benzene rings is 6. The molecule has 6 aromatic carbocycles. The summed E-state index contributed by atoms with van der Waals surface area (Å²) in [6.45, 7) is 0. The predicted octanol–water partition coefficient (Wildman–Crippen LogP) is 14.6. The zero-order valence-corrected chi connectivity index (χ0v) is 47.2. The van der Waals surface area contributed by atoms with E-state index in [4.69, 9.17) is 0 Å². The molecule has 544 valence electrons. The van der Waals surface area contributed by atoms with Gasteiger partial charge in [0.15, 0.2) is 93.1 Å². The smallest absolute Gasteiger partial charge is 0.269 e. The topological polar surface area (TPSA) is 150 Å². The quantitative estimate of drug-likeness (QED) is 0.0747. The molecule has 8 amide bonds. The van der Waals surface area contributed by atoms with Gasteiger partial charge in [0.25, 0.3) is 47.3 Å². The lowest BCUT2D eigenvalue weighted by Crippen LogP contribution is -2.57. The second-order valence-electron chi connectivity index (χ2n) is 21.3. The summed E-state index contributed by atoms with van der Waals surface area (Å²) in [5.41, 5.74) is -64.8. The molecule has 0 spiro atoms. The average molecular weight is 1520 g/mol. The van der Waals surface area contributed by atoms with Gasteiger partial charge in [0.1, 0.15) is 22.7 Å². The van der Waals surface area contributed by atoms with Crippen molar-refractivity contribution >= 4 is 70.0 Å². The molecule has 0 aromatic heterocycles. The van der Waals surface area contributed by atoms with Crippen LogP contribution >= 0.6 is 0 Å². The van der Waals surface area contributed by atoms with Crippen molar-refractivity contribution in [3.05, 3.63) is 209 Å². The summed E-state index contributed by atoms with van der Waals surface area (Å²) in [6, 6.07) is -3.84. The van der Waals surface area contributed by atoms with Crippen LogP contribution in [0.25, 0.3) is 0 Å². The molecule has 103 heavy (non-hydrogen) atoms. The van der Waals surface area contributed by atoms with Gasteiger partial charge in [0.2, 0.25) is 16.2 Å². The van der Waals surface area contributed by atoms with Crippen LogP contribution in [0, 0.1) is 93.1 Å². The first-order valence-electron chi connectivity index (χ1n) is 26.0. The molecule has 0 bridgehead atoms. The molecule has 0 aliphatic carbocycles. The molecule has 0 fully saturated rings. The van der Waals surface area contributed by atoms with E-state index < -0.39 is 328 Å². The Hall–Kier alpha value is -11.0. The maximum absolute atomic E-state index is 16.3. The second kappa shape index (κ2) is 23.0. The largest absolute Gasteiger partial charge is 0.411 e. The Morgan fingerprint density at radius 3 is 0.573 bits per heavy atom. The van der Waals surface area contributed by atoms with E-state index in [2.05, 4.69) is 0 Å². The number of halogens is 34. The maximum Gasteiger partial charge on any atom is 0.411 e. The third-order valence-electron chi connectivity index (χ3n) is 16.2. The number of carbonyl (C=O) groups is 8. The van der Waals surface area contributed by atoms with Crippen LogP contribution in [0.15, 0.2) is 60.7 Å². The van der Waals surface area contributed by atoms with Crippen LogP contribution < -0.4 is 19.6 Å². The second-order valence-corrected chi connectivity index (χ2v) is 21.3. The highest BCUT2D eigenvalue weighted by Gasteiger charge is 2.80. The monoisotopic (exact) mass is 1520 g/mol. The van der Waals surface area contributed by atoms with E-state index in [1.54, 1.807) is 0 Å². The fourth-order valence-electron chi connectivity index (χ4n) is 11.9. The Balaban J connectivity index is 1.10. The van der Waals surface area contributed by atoms with Crippen molar-refractivity contribution in [2.24, 2.45) is 0 Å². The van der Waals surface area contributed by atoms with E-state index in [1.807, 2.05) is 0 Å². The van der Waals surface area contributed by atoms with Crippen LogP contribution in [0.1, 0.15) is 74.8 Å². The van der Waals surface area contributed by atoms with Crippen LogP contribution in [-0.4, -0.2) is 84.3 Å². The van der Waals surface area contributed by atoms with Gasteiger partial charge >= 0.3 is 37.1 Å². The maximum atomic E-state index is 16.3. The minimum absolute atomic E-state index is 0.0203. The lowest BCUT2D eigenvalue weighted by atomic mass is 9.71. The first kappa shape index (κ1) is 74.7. The Kier molecular flexibility index (Phi) is 16.7. The van der Waals surface area contributed by atoms with Crippen molar-refractivity contribution in [1.29, 1.82) is 0 Å². The molecule has 0 N–H and O–H groups in total. The number of carbonyl (C=O) groups excluding carboxylic acids is 8. The summed E-state index contributed by atoms with van der Waals surface area (Å²) in [7, 11) is 0. The predicted molar refractivity (Wildman–Crippen MR) is 262 cm³/mol. The third kappa shape index (κ3) is 9.53. The number of hydrogen-bond acceptors (Lipinski definition) is 8. The fourth-order valence-corrected chi connectivity index (χ4v) is 11.9. The lowest BCUT2D eigenvalue weighted by Gasteiger charge is -2.39. The molecular weight excluding hydrogens is 1510 g/mol. The van der Waals surface area contributed by atoms with Crippen molar-refractivity contribution in [3.8, 4) is 0 Å². The number of fused-ring (bicyclic) bond motifs is 2. The van der Waals surface area contributed by atoms with Gasteiger partial charge in [0.05, 0.1) is 44.5 Å². The fraction of sp³-hybridized carbons (Fsp3) is 0.158. The summed E-state index contributed by atoms with van der Waals surface area (Å²) >= 11 is 0. The zero-order valence-electron chi connectivity index (χ0n) is 47.2. The average Bonchev–Trinajstić information content (AvgIpc) is 0.925. The summed E-state index contributed by atoms with van der Waals surface area (Å²) in [5.74, 6) is -84.1. The highest BCUT2D eigenvalue weighted by atomic mass is 19.4. The first-order chi connectivity index (χ1) is 47.0. The molecule has 0 atom stereocenters. The van der Waals surface area contributed by atoms with Gasteiger partial charge in [-0.05, 0) is 35.4 Å². The van der Waals surface area contributed by atoms with Crippen LogP contribution in [0.4, 0.5) is 172 Å². The molecule has 0 radical (unpaired) electrons. The van der Waals surface area contributed by atoms with E-state index in [1.165, 1.54) is 0 Å². The SMILES string of the molecule is O=C1C=CC(=O)N1c1c(F)c(F)c(C(c2c(F)c(F)c(N3C(=O)c4ccc(C(c5ccc6c(c5)C(=O)N(c5c(F)c(F)c(C(c7c(F)c(F)c(N8C(=O)C=CC8=O)c(F)c7F)(C(F)(F)F)C(F)(F)F)c(F)c5F)C6=O)(C(F)(F)F)C(F)(F)F)cc4C3=O)c(F)c2F)(C(F)(F)F)C(F)(F)F)c(F)c1F. The van der Waals surface area contributed by atoms with Crippen molar-refractivity contribution in [2.75, 3.05) is 19.6 Å². The standard InChI is InChI=1S/C57H10F34N4O8/c58-25-21(26(59)34(67)41(33(25)66)92-17(96)5-6-18(92)97)50(54(80,81)82,55(83,84)85)23-29(62)37(70)43(38(71)30(23)63)94-45(100)13-3-1-11(9-15(13)47(94)102)49(52(74,75)76,53(77,78)79)12-2-4-14-16(10-12)48(103)95(46(14)101)44-39(72)31(64)24(32(65)40(44)73)51(56(86,87)88,57(89,90)91)22-27(60)35(68)42(36(69)28(22)61)93-19(98)7-8-20(93)99/h1-10H. The summed E-state index contributed by atoms with van der Waals surface area (Å²) in [4.78, 5) is 98.2. The van der Waals surface area contributed by atoms with Crippen LogP contribution in [0.5, 0.6) is 0 Å². The Morgan fingerprint density at radius 1 is 0.214 bits per heavy atom. The Morgan fingerprint density at radius 2 is 0.388 bits per heavy atom. The minimum Gasteiger partial charge on any atom is -0.269 e. The summed E-state index contributed by atoms with van der Waals surface area (Å²) in [5, 5.41) is 0. The molecule has 0 saturated heterocycles. The molecule has 12 nitrogen and oxygen atoms in total. The number of anilines is 4. The van der Waals surface area contributed by atoms with Crippen LogP contribution in [0.2, 0.25) is 0 Å². The number of alkyl halides is 18. The lowest BCUT2D eigenvalue weighted by molar-refractivity contribution is -0.293. The van der Waals surface area contributed by atoms with Gasteiger partial charge in [-0.3, -0.25) is 38.4 Å². The van der Waals surface area contributed by atoms with E-state index in [9.17, 15) is 38.4 Å². The molecule has 4 heterocycles. The van der Waals surface area contributed by atoms with Crippen molar-refractivity contribution < 1.29 is 188 Å². The number of amides is 8. The van der Waals surface area contributed by atoms with Gasteiger partial charge < -0.3 is 0 Å². The van der Waals surface area contributed by atoms with Crippen LogP contribution in [-0.2, 0) is 35.4 Å². The normalized spacial score (nSPS) is 15.9. The molecule has 46 heteroatoms. The van der Waals surface area contributed by atoms with E-state index in [-0.39, 0.29) is 24.3 Å². The van der Waals surface area contributed by atoms with Gasteiger partial charge in [0, 0.05) is 24.3 Å². The Labute approximate surface area is 539 Å². The number of hydrogen-bond donors (Lipinski definition) is 0. The zero-order chi connectivity index (χ0) is 77.8.